The molecule has 0 aromatic rings. The fourth-order valence-electron chi connectivity index (χ4n) is 1.57. The van der Waals surface area contributed by atoms with Gasteiger partial charge in [-0.2, -0.15) is 0 Å². The number of aliphatic hydroxyl groups excluding tert-OH is 1. The van der Waals surface area contributed by atoms with Crippen molar-refractivity contribution in [3.8, 4) is 0 Å². The van der Waals surface area contributed by atoms with Gasteiger partial charge in [-0.1, -0.05) is 0 Å². The average Bonchev–Trinajstić information content (AvgIpc) is 2.14. The van der Waals surface area contributed by atoms with Crippen molar-refractivity contribution in [2.75, 3.05) is 20.2 Å². The Labute approximate surface area is 84.8 Å². The fourth-order valence-corrected chi connectivity index (χ4v) is 1.57. The molecule has 0 aromatic heterocycles. The van der Waals surface area contributed by atoms with E-state index in [0.717, 1.165) is 5.70 Å². The second-order valence-corrected chi connectivity index (χ2v) is 3.67. The number of aliphatic hydroxyl groups is 1. The van der Waals surface area contributed by atoms with Crippen LogP contribution >= 0.6 is 0 Å². The highest BCUT2D eigenvalue weighted by Crippen LogP contribution is 2.17. The molecule has 1 rings (SSSR count). The van der Waals surface area contributed by atoms with Gasteiger partial charge in [-0.05, 0) is 26.3 Å². The summed E-state index contributed by atoms with van der Waals surface area (Å²) in [6, 6.07) is 0.179. The van der Waals surface area contributed by atoms with Crippen molar-refractivity contribution in [1.82, 2.24) is 9.80 Å². The van der Waals surface area contributed by atoms with Gasteiger partial charge in [0.15, 0.2) is 0 Å². The van der Waals surface area contributed by atoms with E-state index in [0.29, 0.717) is 13.0 Å². The topological polar surface area (TPSA) is 43.8 Å². The Morgan fingerprint density at radius 1 is 1.57 bits per heavy atom. The molecule has 2 amide bonds. The summed E-state index contributed by atoms with van der Waals surface area (Å²) in [6.07, 6.45) is 2.68. The third kappa shape index (κ3) is 2.07. The second kappa shape index (κ2) is 4.46. The highest BCUT2D eigenvalue weighted by Gasteiger charge is 2.26. The van der Waals surface area contributed by atoms with Crippen LogP contribution in [0, 0.1) is 0 Å². The summed E-state index contributed by atoms with van der Waals surface area (Å²) >= 11 is 0. The third-order valence-corrected chi connectivity index (χ3v) is 2.59. The van der Waals surface area contributed by atoms with Crippen LogP contribution in [-0.4, -0.2) is 47.2 Å². The maximum absolute atomic E-state index is 11.8. The highest BCUT2D eigenvalue weighted by molar-refractivity contribution is 5.77. The van der Waals surface area contributed by atoms with Crippen LogP contribution in [-0.2, 0) is 0 Å². The molecule has 1 unspecified atom stereocenters. The van der Waals surface area contributed by atoms with E-state index in [-0.39, 0.29) is 18.7 Å². The number of carbonyl (C=O) groups excluding carboxylic acids is 1. The lowest BCUT2D eigenvalue weighted by Gasteiger charge is -2.36. The molecule has 4 heteroatoms. The summed E-state index contributed by atoms with van der Waals surface area (Å²) in [5, 5.41) is 8.72. The molecule has 0 aliphatic carbocycles. The summed E-state index contributed by atoms with van der Waals surface area (Å²) in [5.74, 6) is 0. The van der Waals surface area contributed by atoms with Crippen LogP contribution in [0.3, 0.4) is 0 Å². The van der Waals surface area contributed by atoms with Gasteiger partial charge < -0.3 is 10.0 Å². The van der Waals surface area contributed by atoms with Gasteiger partial charge in [0, 0.05) is 25.9 Å². The van der Waals surface area contributed by atoms with E-state index in [4.69, 9.17) is 5.11 Å². The van der Waals surface area contributed by atoms with Gasteiger partial charge in [0.2, 0.25) is 0 Å². The predicted molar refractivity (Wildman–Crippen MR) is 54.8 cm³/mol. The Kier molecular flexibility index (Phi) is 3.52. The quantitative estimate of drug-likeness (QED) is 0.736. The van der Waals surface area contributed by atoms with Crippen LogP contribution in [0.1, 0.15) is 20.3 Å². The van der Waals surface area contributed by atoms with Crippen molar-refractivity contribution < 1.29 is 9.90 Å². The van der Waals surface area contributed by atoms with Crippen molar-refractivity contribution in [1.29, 1.82) is 0 Å². The molecule has 1 N–H and O–H groups in total. The van der Waals surface area contributed by atoms with Crippen molar-refractivity contribution in [3.63, 3.8) is 0 Å². The number of hydrogen-bond donors (Lipinski definition) is 1. The summed E-state index contributed by atoms with van der Waals surface area (Å²) < 4.78 is 0. The maximum Gasteiger partial charge on any atom is 0.324 e. The van der Waals surface area contributed by atoms with E-state index >= 15 is 0 Å². The highest BCUT2D eigenvalue weighted by atomic mass is 16.3. The molecule has 0 saturated carbocycles. The van der Waals surface area contributed by atoms with Gasteiger partial charge in [0.1, 0.15) is 0 Å². The largest absolute Gasteiger partial charge is 0.396 e. The number of allylic oxidation sites excluding steroid dienone is 1. The molecule has 1 atom stereocenters. The molecule has 0 radical (unpaired) electrons. The van der Waals surface area contributed by atoms with Crippen LogP contribution in [0.4, 0.5) is 4.79 Å². The van der Waals surface area contributed by atoms with Gasteiger partial charge in [-0.25, -0.2) is 4.79 Å². The van der Waals surface area contributed by atoms with Crippen molar-refractivity contribution in [2.24, 2.45) is 0 Å². The van der Waals surface area contributed by atoms with Crippen LogP contribution in [0.25, 0.3) is 0 Å². The molecule has 0 saturated heterocycles. The van der Waals surface area contributed by atoms with Crippen molar-refractivity contribution >= 4 is 6.03 Å². The zero-order valence-electron chi connectivity index (χ0n) is 9.03. The smallest absolute Gasteiger partial charge is 0.324 e. The van der Waals surface area contributed by atoms with Gasteiger partial charge in [-0.3, -0.25) is 4.90 Å². The minimum Gasteiger partial charge on any atom is -0.396 e. The monoisotopic (exact) mass is 198 g/mol. The van der Waals surface area contributed by atoms with Crippen molar-refractivity contribution in [3.05, 3.63) is 11.8 Å². The zero-order chi connectivity index (χ0) is 10.7. The molecule has 4 nitrogen and oxygen atoms in total. The summed E-state index contributed by atoms with van der Waals surface area (Å²) in [5.41, 5.74) is 0.981. The Bertz CT molecular complexity index is 251. The molecule has 1 heterocycles. The van der Waals surface area contributed by atoms with Crippen LogP contribution in [0.5, 0.6) is 0 Å². The van der Waals surface area contributed by atoms with Gasteiger partial charge in [0.25, 0.3) is 0 Å². The SMILES string of the molecule is CC1=CC(C)N(C)C(=O)N1CCCO. The molecule has 0 bridgehead atoms. The molecular formula is C10H18N2O2. The molecule has 1 aliphatic rings. The minimum atomic E-state index is 0.0194. The molecule has 1 aliphatic heterocycles. The Balaban J connectivity index is 2.73. The lowest BCUT2D eigenvalue weighted by atomic mass is 10.2. The molecule has 80 valence electrons. The van der Waals surface area contributed by atoms with Gasteiger partial charge in [0.05, 0.1) is 6.04 Å². The molecule has 14 heavy (non-hydrogen) atoms. The van der Waals surface area contributed by atoms with Gasteiger partial charge in [-0.15, -0.1) is 0 Å². The Morgan fingerprint density at radius 2 is 2.21 bits per heavy atom. The first-order valence-corrected chi connectivity index (χ1v) is 4.91. The Hall–Kier alpha value is -1.03. The molecule has 0 aromatic carbocycles. The number of likely N-dealkylation sites (N-methyl/N-ethyl adjacent to an activating group) is 1. The first-order valence-electron chi connectivity index (χ1n) is 4.91. The molecule has 0 fully saturated rings. The summed E-state index contributed by atoms with van der Waals surface area (Å²) in [6.45, 7) is 4.63. The third-order valence-electron chi connectivity index (χ3n) is 2.59. The lowest BCUT2D eigenvalue weighted by Crippen LogP contribution is -2.48. The van der Waals surface area contributed by atoms with Gasteiger partial charge >= 0.3 is 6.03 Å². The van der Waals surface area contributed by atoms with Crippen LogP contribution < -0.4 is 0 Å². The number of rotatable bonds is 3. The maximum atomic E-state index is 11.8. The van der Waals surface area contributed by atoms with Crippen LogP contribution in [0.15, 0.2) is 11.8 Å². The van der Waals surface area contributed by atoms with E-state index in [1.165, 1.54) is 0 Å². The van der Waals surface area contributed by atoms with E-state index < -0.39 is 0 Å². The number of urea groups is 1. The fraction of sp³-hybridized carbons (Fsp3) is 0.700. The first-order chi connectivity index (χ1) is 6.57. The van der Waals surface area contributed by atoms with E-state index in [9.17, 15) is 4.79 Å². The van der Waals surface area contributed by atoms with E-state index in [2.05, 4.69) is 6.08 Å². The lowest BCUT2D eigenvalue weighted by molar-refractivity contribution is 0.156. The number of hydrogen-bond acceptors (Lipinski definition) is 2. The normalized spacial score (nSPS) is 22.7. The standard InChI is InChI=1S/C10H18N2O2/c1-8-7-9(2)12(5-4-6-13)10(14)11(8)3/h7-8,13H,4-6H2,1-3H3. The van der Waals surface area contributed by atoms with E-state index in [1.807, 2.05) is 13.8 Å². The number of nitrogens with zero attached hydrogens (tertiary/aromatic N) is 2. The molecular weight excluding hydrogens is 180 g/mol. The van der Waals surface area contributed by atoms with Crippen molar-refractivity contribution in [2.45, 2.75) is 26.3 Å². The number of amides is 2. The predicted octanol–water partition coefficient (Wildman–Crippen LogP) is 1.03. The zero-order valence-corrected chi connectivity index (χ0v) is 9.03. The molecule has 0 spiro atoms. The van der Waals surface area contributed by atoms with E-state index in [1.54, 1.807) is 16.8 Å². The summed E-state index contributed by atoms with van der Waals surface area (Å²) in [7, 11) is 1.79. The first kappa shape index (κ1) is 11.0. The average molecular weight is 198 g/mol. The minimum absolute atomic E-state index is 0.0194. The Morgan fingerprint density at radius 3 is 2.79 bits per heavy atom. The summed E-state index contributed by atoms with van der Waals surface area (Å²) in [4.78, 5) is 15.2. The second-order valence-electron chi connectivity index (χ2n) is 3.67. The number of carbonyl (C=O) groups is 1. The van der Waals surface area contributed by atoms with Crippen LogP contribution in [0.2, 0.25) is 0 Å².